The summed E-state index contributed by atoms with van der Waals surface area (Å²) in [6, 6.07) is 0. The van der Waals surface area contributed by atoms with Gasteiger partial charge >= 0.3 is 12.1 Å². The van der Waals surface area contributed by atoms with E-state index in [1.165, 1.54) is 7.11 Å². The molecule has 2 N–H and O–H groups in total. The number of carbonyl (C=O) groups excluding carboxylic acids is 3. The second-order valence-corrected chi connectivity index (χ2v) is 6.44. The van der Waals surface area contributed by atoms with E-state index in [9.17, 15) is 14.4 Å². The van der Waals surface area contributed by atoms with Crippen LogP contribution in [0.4, 0.5) is 4.79 Å². The third kappa shape index (κ3) is 2.57. The summed E-state index contributed by atoms with van der Waals surface area (Å²) in [5, 5.41) is 5.17. The molecule has 1 spiro atoms. The van der Waals surface area contributed by atoms with Crippen LogP contribution in [0.25, 0.3) is 0 Å². The van der Waals surface area contributed by atoms with Gasteiger partial charge in [0.25, 0.3) is 5.91 Å². The number of ether oxygens (including phenoxy) is 2. The van der Waals surface area contributed by atoms with E-state index in [2.05, 4.69) is 15.4 Å². The Labute approximate surface area is 117 Å². The van der Waals surface area contributed by atoms with E-state index < -0.39 is 29.1 Å². The van der Waals surface area contributed by atoms with E-state index in [4.69, 9.17) is 4.74 Å². The van der Waals surface area contributed by atoms with Gasteiger partial charge in [0.1, 0.15) is 5.60 Å². The van der Waals surface area contributed by atoms with Crippen LogP contribution in [0.5, 0.6) is 0 Å². The van der Waals surface area contributed by atoms with Crippen molar-refractivity contribution in [2.75, 3.05) is 7.11 Å². The molecular weight excluding hydrogens is 264 g/mol. The molecular formula is C13H20N2O5. The highest BCUT2D eigenvalue weighted by Gasteiger charge is 2.65. The smallest absolute Gasteiger partial charge is 0.408 e. The first-order valence-electron chi connectivity index (χ1n) is 6.55. The van der Waals surface area contributed by atoms with E-state index in [1.54, 1.807) is 20.8 Å². The molecule has 2 rings (SSSR count). The molecule has 1 atom stereocenters. The molecule has 2 amide bonds. The van der Waals surface area contributed by atoms with Gasteiger partial charge in [0.15, 0.2) is 0 Å². The molecule has 1 heterocycles. The monoisotopic (exact) mass is 284 g/mol. The summed E-state index contributed by atoms with van der Waals surface area (Å²) in [5.41, 5.74) is -2.78. The van der Waals surface area contributed by atoms with Crippen LogP contribution >= 0.6 is 0 Å². The molecule has 20 heavy (non-hydrogen) atoms. The number of methoxy groups -OCH3 is 1. The largest absolute Gasteiger partial charge is 0.467 e. The zero-order chi connectivity index (χ0) is 15.2. The Kier molecular flexibility index (Phi) is 3.19. The lowest BCUT2D eigenvalue weighted by molar-refractivity contribution is -0.152. The second-order valence-electron chi connectivity index (χ2n) is 6.44. The number of nitrogens with one attached hydrogen (secondary N) is 2. The molecule has 1 aliphatic carbocycles. The third-order valence-corrected chi connectivity index (χ3v) is 3.47. The molecule has 7 heteroatoms. The van der Waals surface area contributed by atoms with E-state index in [-0.39, 0.29) is 12.0 Å². The van der Waals surface area contributed by atoms with Crippen LogP contribution in [-0.2, 0) is 19.1 Å². The summed E-state index contributed by atoms with van der Waals surface area (Å²) in [4.78, 5) is 36.1. The van der Waals surface area contributed by atoms with Crippen molar-refractivity contribution >= 4 is 18.0 Å². The van der Waals surface area contributed by atoms with Crippen LogP contribution in [0.3, 0.4) is 0 Å². The van der Waals surface area contributed by atoms with Crippen molar-refractivity contribution in [1.82, 2.24) is 10.6 Å². The van der Waals surface area contributed by atoms with Crippen LogP contribution in [0, 0.1) is 0 Å². The van der Waals surface area contributed by atoms with Crippen molar-refractivity contribution < 1.29 is 23.9 Å². The summed E-state index contributed by atoms with van der Waals surface area (Å²) in [6.07, 6.45) is 0.988. The minimum absolute atomic E-state index is 0.199. The Morgan fingerprint density at radius 2 is 1.90 bits per heavy atom. The van der Waals surface area contributed by atoms with E-state index in [0.717, 1.165) is 12.8 Å². The van der Waals surface area contributed by atoms with E-state index >= 15 is 0 Å². The Bertz CT molecular complexity index is 464. The lowest BCUT2D eigenvalue weighted by Crippen LogP contribution is -2.60. The third-order valence-electron chi connectivity index (χ3n) is 3.47. The number of alkyl carbamates (subject to hydrolysis) is 1. The molecule has 7 nitrogen and oxygen atoms in total. The lowest BCUT2D eigenvalue weighted by atomic mass is 9.94. The fraction of sp³-hybridized carbons (Fsp3) is 0.769. The van der Waals surface area contributed by atoms with E-state index in [0.29, 0.717) is 0 Å². The molecule has 2 fully saturated rings. The second kappa shape index (κ2) is 4.36. The number of hydrogen-bond acceptors (Lipinski definition) is 5. The molecule has 1 aliphatic heterocycles. The number of carbonyl (C=O) groups is 3. The molecule has 0 aromatic rings. The van der Waals surface area contributed by atoms with Gasteiger partial charge in [-0.25, -0.2) is 9.59 Å². The van der Waals surface area contributed by atoms with Crippen molar-refractivity contribution in [1.29, 1.82) is 0 Å². The van der Waals surface area contributed by atoms with Gasteiger partial charge in [-0.15, -0.1) is 0 Å². The predicted molar refractivity (Wildman–Crippen MR) is 68.8 cm³/mol. The highest BCUT2D eigenvalue weighted by Crippen LogP contribution is 2.47. The first-order chi connectivity index (χ1) is 9.12. The van der Waals surface area contributed by atoms with Gasteiger partial charge < -0.3 is 14.8 Å². The minimum Gasteiger partial charge on any atom is -0.467 e. The average Bonchev–Trinajstić information content (AvgIpc) is 2.96. The van der Waals surface area contributed by atoms with Crippen molar-refractivity contribution in [2.45, 2.75) is 56.7 Å². The van der Waals surface area contributed by atoms with Crippen molar-refractivity contribution in [3.8, 4) is 0 Å². The molecule has 1 saturated carbocycles. The summed E-state index contributed by atoms with van der Waals surface area (Å²) in [6.45, 7) is 5.11. The Hall–Kier alpha value is -1.79. The molecule has 0 radical (unpaired) electrons. The molecule has 2 aliphatic rings. The van der Waals surface area contributed by atoms with E-state index in [1.807, 2.05) is 0 Å². The number of hydrogen-bond donors (Lipinski definition) is 2. The minimum atomic E-state index is -1.69. The zero-order valence-electron chi connectivity index (χ0n) is 12.2. The predicted octanol–water partition coefficient (Wildman–Crippen LogP) is 0.475. The molecule has 0 bridgehead atoms. The first-order valence-corrected chi connectivity index (χ1v) is 6.55. The normalized spacial score (nSPS) is 26.9. The van der Waals surface area contributed by atoms with Gasteiger partial charge in [-0.2, -0.15) is 0 Å². The average molecular weight is 284 g/mol. The van der Waals surface area contributed by atoms with Crippen LogP contribution < -0.4 is 10.6 Å². The highest BCUT2D eigenvalue weighted by atomic mass is 16.6. The first kappa shape index (κ1) is 14.6. The van der Waals surface area contributed by atoms with Crippen LogP contribution in [0.1, 0.15) is 40.0 Å². The number of amides is 2. The maximum Gasteiger partial charge on any atom is 0.408 e. The highest BCUT2D eigenvalue weighted by molar-refractivity contribution is 6.11. The van der Waals surface area contributed by atoms with Crippen molar-refractivity contribution in [2.24, 2.45) is 0 Å². The standard InChI is InChI=1S/C13H20N2O5/c1-11(2,3)20-10(18)15-13(9(17)19-4)7-12(5-6-12)14-8(13)16/h5-7H2,1-4H3,(H,14,16)(H,15,18). The topological polar surface area (TPSA) is 93.7 Å². The molecule has 112 valence electrons. The summed E-state index contributed by atoms with van der Waals surface area (Å²) in [7, 11) is 1.19. The maximum absolute atomic E-state index is 12.2. The lowest BCUT2D eigenvalue weighted by Gasteiger charge is -2.27. The SMILES string of the molecule is COC(=O)C1(NC(=O)OC(C)(C)C)CC2(CC2)NC1=O. The number of esters is 1. The summed E-state index contributed by atoms with van der Waals surface area (Å²) in [5.74, 6) is -1.31. The number of rotatable bonds is 2. The fourth-order valence-electron chi connectivity index (χ4n) is 2.40. The van der Waals surface area contributed by atoms with Gasteiger partial charge in [0.2, 0.25) is 5.54 Å². The Morgan fingerprint density at radius 1 is 1.30 bits per heavy atom. The quantitative estimate of drug-likeness (QED) is 0.568. The molecule has 0 aromatic heterocycles. The van der Waals surface area contributed by atoms with Gasteiger partial charge in [-0.1, -0.05) is 0 Å². The fourth-order valence-corrected chi connectivity index (χ4v) is 2.40. The van der Waals surface area contributed by atoms with Gasteiger partial charge in [-0.05, 0) is 33.6 Å². The molecule has 1 saturated heterocycles. The molecule has 1 unspecified atom stereocenters. The summed E-state index contributed by atoms with van der Waals surface area (Å²) >= 11 is 0. The molecule has 0 aromatic carbocycles. The maximum atomic E-state index is 12.2. The van der Waals surface area contributed by atoms with Crippen LogP contribution in [-0.4, -0.2) is 41.8 Å². The van der Waals surface area contributed by atoms with Crippen molar-refractivity contribution in [3.05, 3.63) is 0 Å². The van der Waals surface area contributed by atoms with Crippen molar-refractivity contribution in [3.63, 3.8) is 0 Å². The van der Waals surface area contributed by atoms with Crippen LogP contribution in [0.2, 0.25) is 0 Å². The van der Waals surface area contributed by atoms with Crippen LogP contribution in [0.15, 0.2) is 0 Å². The van der Waals surface area contributed by atoms with Gasteiger partial charge in [0.05, 0.1) is 7.11 Å². The van der Waals surface area contributed by atoms with Gasteiger partial charge in [-0.3, -0.25) is 10.1 Å². The Morgan fingerprint density at radius 3 is 2.30 bits per heavy atom. The zero-order valence-corrected chi connectivity index (χ0v) is 12.2. The Balaban J connectivity index is 2.19. The summed E-state index contributed by atoms with van der Waals surface area (Å²) < 4.78 is 9.81. The van der Waals surface area contributed by atoms with Gasteiger partial charge in [0, 0.05) is 12.0 Å².